The number of hydrogen-bond donors (Lipinski definition) is 3. The van der Waals surface area contributed by atoms with E-state index in [-0.39, 0.29) is 11.6 Å². The highest BCUT2D eigenvalue weighted by atomic mass is 35.5. The van der Waals surface area contributed by atoms with E-state index in [2.05, 4.69) is 30.7 Å². The molecule has 0 spiro atoms. The summed E-state index contributed by atoms with van der Waals surface area (Å²) in [5, 5.41) is 10.7. The van der Waals surface area contributed by atoms with E-state index in [1.165, 1.54) is 6.07 Å². The minimum absolute atomic E-state index is 0.0541. The van der Waals surface area contributed by atoms with Gasteiger partial charge in [0, 0.05) is 42.2 Å². The number of nitrogens with zero attached hydrogens (tertiary/aromatic N) is 4. The van der Waals surface area contributed by atoms with Crippen molar-refractivity contribution in [3.8, 4) is 11.3 Å². The molecule has 1 amide bonds. The second-order valence-electron chi connectivity index (χ2n) is 6.87. The number of anilines is 3. The van der Waals surface area contributed by atoms with Gasteiger partial charge in [0.25, 0.3) is 0 Å². The number of aromatic amines is 1. The molecule has 3 aromatic heterocycles. The Hall–Kier alpha value is -3.46. The summed E-state index contributed by atoms with van der Waals surface area (Å²) in [6.07, 6.45) is 3.43. The molecule has 0 fully saturated rings. The van der Waals surface area contributed by atoms with Gasteiger partial charge in [-0.1, -0.05) is 0 Å². The lowest BCUT2D eigenvalue weighted by Gasteiger charge is -2.09. The molecule has 0 saturated heterocycles. The van der Waals surface area contributed by atoms with Gasteiger partial charge in [0.05, 0.1) is 11.2 Å². The first-order chi connectivity index (χ1) is 14.4. The predicted molar refractivity (Wildman–Crippen MR) is 115 cm³/mol. The Morgan fingerprint density at radius 2 is 2.13 bits per heavy atom. The van der Waals surface area contributed by atoms with E-state index < -0.39 is 11.7 Å². The smallest absolute Gasteiger partial charge is 0.239 e. The summed E-state index contributed by atoms with van der Waals surface area (Å²) in [5.41, 5.74) is 3.78. The lowest BCUT2D eigenvalue weighted by molar-refractivity contribution is -0.113. The van der Waals surface area contributed by atoms with Gasteiger partial charge in [0.15, 0.2) is 5.82 Å². The molecule has 4 rings (SSSR count). The first-order valence-electron chi connectivity index (χ1n) is 9.14. The Bertz CT molecular complexity index is 1240. The maximum atomic E-state index is 14.3. The molecule has 3 heterocycles. The molecular formula is C20H19ClFN7O. The van der Waals surface area contributed by atoms with E-state index in [1.807, 2.05) is 27.0 Å². The van der Waals surface area contributed by atoms with Crippen LogP contribution in [0.25, 0.3) is 22.2 Å². The van der Waals surface area contributed by atoms with E-state index in [0.29, 0.717) is 28.4 Å². The van der Waals surface area contributed by atoms with E-state index in [9.17, 15) is 9.18 Å². The van der Waals surface area contributed by atoms with Crippen LogP contribution in [-0.2, 0) is 11.8 Å². The van der Waals surface area contributed by atoms with Gasteiger partial charge in [-0.2, -0.15) is 5.10 Å². The third kappa shape index (κ3) is 3.59. The highest BCUT2D eigenvalue weighted by Gasteiger charge is 2.17. The van der Waals surface area contributed by atoms with Crippen molar-refractivity contribution in [2.24, 2.45) is 7.05 Å². The van der Waals surface area contributed by atoms with E-state index in [1.54, 1.807) is 23.1 Å². The number of alkyl halides is 1. The summed E-state index contributed by atoms with van der Waals surface area (Å²) in [6, 6.07) is 4.84. The first-order valence-corrected chi connectivity index (χ1v) is 9.68. The van der Waals surface area contributed by atoms with Gasteiger partial charge >= 0.3 is 0 Å². The molecule has 0 aliphatic rings. The van der Waals surface area contributed by atoms with Crippen LogP contribution in [-0.4, -0.2) is 36.5 Å². The molecule has 154 valence electrons. The van der Waals surface area contributed by atoms with Crippen molar-refractivity contribution in [2.75, 3.05) is 16.5 Å². The lowest BCUT2D eigenvalue weighted by Crippen LogP contribution is -2.14. The lowest BCUT2D eigenvalue weighted by atomic mass is 10.1. The number of fused-ring (bicyclic) bond motifs is 1. The van der Waals surface area contributed by atoms with Gasteiger partial charge in [0.2, 0.25) is 11.9 Å². The van der Waals surface area contributed by atoms with Crippen LogP contribution in [0.5, 0.6) is 0 Å². The van der Waals surface area contributed by atoms with Crippen molar-refractivity contribution < 1.29 is 9.18 Å². The van der Waals surface area contributed by atoms with Crippen molar-refractivity contribution in [1.82, 2.24) is 24.7 Å². The fourth-order valence-electron chi connectivity index (χ4n) is 3.18. The number of amides is 1. The van der Waals surface area contributed by atoms with Crippen LogP contribution < -0.4 is 10.6 Å². The molecule has 0 bridgehead atoms. The van der Waals surface area contributed by atoms with Gasteiger partial charge < -0.3 is 15.6 Å². The molecule has 3 N–H and O–H groups in total. The number of nitrogens with one attached hydrogen (secondary N) is 3. The zero-order valence-electron chi connectivity index (χ0n) is 16.5. The molecule has 30 heavy (non-hydrogen) atoms. The summed E-state index contributed by atoms with van der Waals surface area (Å²) in [4.78, 5) is 23.7. The minimum atomic E-state index is -0.554. The average molecular weight is 428 g/mol. The second-order valence-corrected chi connectivity index (χ2v) is 7.14. The molecule has 1 aromatic carbocycles. The maximum absolute atomic E-state index is 14.3. The molecule has 0 atom stereocenters. The van der Waals surface area contributed by atoms with Crippen LogP contribution in [0.15, 0.2) is 30.6 Å². The Balaban J connectivity index is 1.76. The van der Waals surface area contributed by atoms with Crippen LogP contribution in [0.3, 0.4) is 0 Å². The normalized spacial score (nSPS) is 11.1. The maximum Gasteiger partial charge on any atom is 0.239 e. The number of rotatable bonds is 5. The fraction of sp³-hybridized carbons (Fsp3) is 0.200. The van der Waals surface area contributed by atoms with Gasteiger partial charge in [0.1, 0.15) is 17.4 Å². The van der Waals surface area contributed by atoms with Crippen LogP contribution in [0.4, 0.5) is 21.8 Å². The average Bonchev–Trinajstić information content (AvgIpc) is 3.28. The topological polar surface area (TPSA) is 101 Å². The van der Waals surface area contributed by atoms with Crippen molar-refractivity contribution in [2.45, 2.75) is 13.8 Å². The number of aryl methyl sites for hydroxylation is 3. The molecule has 10 heteroatoms. The zero-order valence-corrected chi connectivity index (χ0v) is 17.3. The standard InChI is InChI=1S/C20H19ClFN7O/c1-10-8-24-20(25-15-6-11(2)29(3)28-15)27-17(10)13-9-23-18-12(13)4-5-14(22)19(18)26-16(30)7-21/h4-6,8-9,23H,7H2,1-3H3,(H,26,30)(H,24,25,27,28). The van der Waals surface area contributed by atoms with Crippen LogP contribution in [0.2, 0.25) is 0 Å². The van der Waals surface area contributed by atoms with Crippen LogP contribution >= 0.6 is 11.6 Å². The molecule has 0 aliphatic heterocycles. The van der Waals surface area contributed by atoms with Gasteiger partial charge in [-0.05, 0) is 31.5 Å². The summed E-state index contributed by atoms with van der Waals surface area (Å²) < 4.78 is 16.1. The first kappa shape index (κ1) is 19.8. The number of carbonyl (C=O) groups is 1. The Morgan fingerprint density at radius 3 is 2.83 bits per heavy atom. The molecule has 8 nitrogen and oxygen atoms in total. The van der Waals surface area contributed by atoms with Crippen LogP contribution in [0, 0.1) is 19.7 Å². The third-order valence-electron chi connectivity index (χ3n) is 4.77. The zero-order chi connectivity index (χ0) is 21.4. The summed E-state index contributed by atoms with van der Waals surface area (Å²) >= 11 is 5.55. The Labute approximate surface area is 176 Å². The minimum Gasteiger partial charge on any atom is -0.359 e. The quantitative estimate of drug-likeness (QED) is 0.417. The van der Waals surface area contributed by atoms with E-state index >= 15 is 0 Å². The van der Waals surface area contributed by atoms with Crippen molar-refractivity contribution >= 4 is 45.9 Å². The monoisotopic (exact) mass is 427 g/mol. The summed E-state index contributed by atoms with van der Waals surface area (Å²) in [6.45, 7) is 3.84. The number of benzene rings is 1. The SMILES string of the molecule is Cc1cnc(Nc2cc(C)n(C)n2)nc1-c1c[nH]c2c(NC(=O)CCl)c(F)ccc12. The molecule has 0 unspecified atom stereocenters. The number of H-pyrrole nitrogens is 1. The summed E-state index contributed by atoms with van der Waals surface area (Å²) in [5.74, 6) is -0.287. The largest absolute Gasteiger partial charge is 0.359 e. The third-order valence-corrected chi connectivity index (χ3v) is 5.01. The Morgan fingerprint density at radius 1 is 1.33 bits per heavy atom. The molecule has 4 aromatic rings. The number of halogens is 2. The molecule has 0 aliphatic carbocycles. The Kier molecular flexibility index (Phi) is 5.13. The number of hydrogen-bond acceptors (Lipinski definition) is 5. The van der Waals surface area contributed by atoms with Crippen molar-refractivity contribution in [3.63, 3.8) is 0 Å². The second kappa shape index (κ2) is 7.75. The molecule has 0 radical (unpaired) electrons. The molecule has 0 saturated carbocycles. The van der Waals surface area contributed by atoms with Crippen molar-refractivity contribution in [1.29, 1.82) is 0 Å². The van der Waals surface area contributed by atoms with Gasteiger partial charge in [-0.15, -0.1) is 11.6 Å². The van der Waals surface area contributed by atoms with Gasteiger partial charge in [-0.3, -0.25) is 9.48 Å². The molecular weight excluding hydrogens is 409 g/mol. The van der Waals surface area contributed by atoms with Gasteiger partial charge in [-0.25, -0.2) is 14.4 Å². The highest BCUT2D eigenvalue weighted by molar-refractivity contribution is 6.29. The summed E-state index contributed by atoms with van der Waals surface area (Å²) in [7, 11) is 1.85. The predicted octanol–water partition coefficient (Wildman–Crippen LogP) is 4.04. The number of aromatic nitrogens is 5. The highest BCUT2D eigenvalue weighted by Crippen LogP contribution is 2.34. The fourth-order valence-corrected chi connectivity index (χ4v) is 3.24. The number of carbonyl (C=O) groups excluding carboxylic acids is 1. The van der Waals surface area contributed by atoms with E-state index in [4.69, 9.17) is 11.6 Å². The van der Waals surface area contributed by atoms with E-state index in [0.717, 1.165) is 16.8 Å². The van der Waals surface area contributed by atoms with Crippen LogP contribution in [0.1, 0.15) is 11.3 Å². The van der Waals surface area contributed by atoms with Crippen molar-refractivity contribution in [3.05, 3.63) is 47.7 Å².